The third-order valence-electron chi connectivity index (χ3n) is 3.34. The summed E-state index contributed by atoms with van der Waals surface area (Å²) >= 11 is 0. The summed E-state index contributed by atoms with van der Waals surface area (Å²) in [4.78, 5) is 16.2. The van der Waals surface area contributed by atoms with E-state index in [1.807, 2.05) is 12.1 Å². The molecular formula is C12H19Cl2N3O. The molecule has 1 aliphatic rings. The molecule has 0 unspecified atom stereocenters. The molecule has 18 heavy (non-hydrogen) atoms. The minimum Gasteiger partial charge on any atom is -0.329 e. The van der Waals surface area contributed by atoms with Crippen molar-refractivity contribution in [1.82, 2.24) is 4.98 Å². The minimum absolute atomic E-state index is 0. The van der Waals surface area contributed by atoms with Gasteiger partial charge < -0.3 is 11.1 Å². The number of halogens is 2. The van der Waals surface area contributed by atoms with Gasteiger partial charge in [0.2, 0.25) is 5.91 Å². The maximum absolute atomic E-state index is 12.1. The van der Waals surface area contributed by atoms with Crippen molar-refractivity contribution in [2.24, 2.45) is 11.1 Å². The second-order valence-corrected chi connectivity index (χ2v) is 4.36. The van der Waals surface area contributed by atoms with Gasteiger partial charge in [-0.25, -0.2) is 4.98 Å². The molecule has 0 bridgehead atoms. The number of carbonyl (C=O) groups is 1. The fraction of sp³-hybridized carbons (Fsp3) is 0.500. The lowest BCUT2D eigenvalue weighted by Crippen LogP contribution is -2.40. The van der Waals surface area contributed by atoms with Crippen LogP contribution in [0.2, 0.25) is 0 Å². The molecule has 1 fully saturated rings. The highest BCUT2D eigenvalue weighted by Crippen LogP contribution is 2.37. The third-order valence-corrected chi connectivity index (χ3v) is 3.34. The van der Waals surface area contributed by atoms with Gasteiger partial charge in [0.1, 0.15) is 5.82 Å². The first-order valence-corrected chi connectivity index (χ1v) is 5.69. The molecule has 102 valence electrons. The van der Waals surface area contributed by atoms with Crippen molar-refractivity contribution in [3.05, 3.63) is 24.4 Å². The Kier molecular flexibility index (Phi) is 7.21. The Bertz CT molecular complexity index is 367. The maximum Gasteiger partial charge on any atom is 0.233 e. The molecule has 1 saturated carbocycles. The van der Waals surface area contributed by atoms with Crippen molar-refractivity contribution in [3.8, 4) is 0 Å². The predicted molar refractivity (Wildman–Crippen MR) is 77.3 cm³/mol. The SMILES string of the molecule is Cl.Cl.NCC1(C(=O)Nc2ccccn2)CCCC1. The van der Waals surface area contributed by atoms with Crippen molar-refractivity contribution in [2.75, 3.05) is 11.9 Å². The quantitative estimate of drug-likeness (QED) is 0.898. The first kappa shape index (κ1) is 17.2. The Morgan fingerprint density at radius 3 is 2.50 bits per heavy atom. The molecular weight excluding hydrogens is 273 g/mol. The molecule has 3 N–H and O–H groups in total. The summed E-state index contributed by atoms with van der Waals surface area (Å²) in [7, 11) is 0. The van der Waals surface area contributed by atoms with Crippen molar-refractivity contribution in [1.29, 1.82) is 0 Å². The van der Waals surface area contributed by atoms with E-state index in [4.69, 9.17) is 5.73 Å². The Balaban J connectivity index is 0.00000144. The average molecular weight is 292 g/mol. The zero-order valence-corrected chi connectivity index (χ0v) is 11.7. The van der Waals surface area contributed by atoms with E-state index in [1.54, 1.807) is 12.3 Å². The lowest BCUT2D eigenvalue weighted by atomic mass is 9.85. The maximum atomic E-state index is 12.1. The molecule has 0 atom stereocenters. The first-order valence-electron chi connectivity index (χ1n) is 5.69. The average Bonchev–Trinajstić information content (AvgIpc) is 2.80. The van der Waals surface area contributed by atoms with Gasteiger partial charge in [-0.2, -0.15) is 0 Å². The standard InChI is InChI=1S/C12H17N3O.2ClH/c13-9-12(6-2-3-7-12)11(16)15-10-5-1-4-8-14-10;;/h1,4-5,8H,2-3,6-7,9,13H2,(H,14,15,16);2*1H. The topological polar surface area (TPSA) is 68.0 Å². The van der Waals surface area contributed by atoms with E-state index in [2.05, 4.69) is 10.3 Å². The van der Waals surface area contributed by atoms with Gasteiger partial charge in [0.25, 0.3) is 0 Å². The van der Waals surface area contributed by atoms with Crippen molar-refractivity contribution < 1.29 is 4.79 Å². The number of aromatic nitrogens is 1. The lowest BCUT2D eigenvalue weighted by Gasteiger charge is -2.25. The van der Waals surface area contributed by atoms with E-state index in [0.717, 1.165) is 25.7 Å². The summed E-state index contributed by atoms with van der Waals surface area (Å²) < 4.78 is 0. The summed E-state index contributed by atoms with van der Waals surface area (Å²) in [6, 6.07) is 5.47. The van der Waals surface area contributed by atoms with Crippen molar-refractivity contribution in [3.63, 3.8) is 0 Å². The molecule has 0 saturated heterocycles. The fourth-order valence-corrected chi connectivity index (χ4v) is 2.26. The first-order chi connectivity index (χ1) is 7.77. The van der Waals surface area contributed by atoms with Crippen LogP contribution in [0.1, 0.15) is 25.7 Å². The molecule has 1 heterocycles. The molecule has 1 aromatic rings. The summed E-state index contributed by atoms with van der Waals surface area (Å²) in [5.74, 6) is 0.624. The van der Waals surface area contributed by atoms with Crippen LogP contribution in [0.5, 0.6) is 0 Å². The van der Waals surface area contributed by atoms with E-state index in [1.165, 1.54) is 0 Å². The number of hydrogen-bond acceptors (Lipinski definition) is 3. The van der Waals surface area contributed by atoms with Crippen molar-refractivity contribution in [2.45, 2.75) is 25.7 Å². The van der Waals surface area contributed by atoms with Crippen LogP contribution in [-0.4, -0.2) is 17.4 Å². The van der Waals surface area contributed by atoms with Crippen LogP contribution in [0.4, 0.5) is 5.82 Å². The Hall–Kier alpha value is -0.840. The molecule has 4 nitrogen and oxygen atoms in total. The van der Waals surface area contributed by atoms with Crippen LogP contribution in [-0.2, 0) is 4.79 Å². The highest BCUT2D eigenvalue weighted by atomic mass is 35.5. The van der Waals surface area contributed by atoms with Gasteiger partial charge in [0.15, 0.2) is 0 Å². The third kappa shape index (κ3) is 3.57. The Morgan fingerprint density at radius 1 is 1.33 bits per heavy atom. The van der Waals surface area contributed by atoms with Gasteiger partial charge in [0, 0.05) is 12.7 Å². The second-order valence-electron chi connectivity index (χ2n) is 4.36. The second kappa shape index (κ2) is 7.56. The zero-order chi connectivity index (χ0) is 11.4. The molecule has 0 radical (unpaired) electrons. The van der Waals surface area contributed by atoms with Crippen LogP contribution < -0.4 is 11.1 Å². The van der Waals surface area contributed by atoms with E-state index >= 15 is 0 Å². The highest BCUT2D eigenvalue weighted by molar-refractivity contribution is 5.94. The number of carbonyl (C=O) groups excluding carboxylic acids is 1. The van der Waals surface area contributed by atoms with Gasteiger partial charge >= 0.3 is 0 Å². The number of nitrogens with zero attached hydrogens (tertiary/aromatic N) is 1. The molecule has 1 aromatic heterocycles. The number of nitrogens with one attached hydrogen (secondary N) is 1. The normalized spacial score (nSPS) is 16.3. The molecule has 6 heteroatoms. The monoisotopic (exact) mass is 291 g/mol. The summed E-state index contributed by atoms with van der Waals surface area (Å²) in [6.07, 6.45) is 5.63. The number of hydrogen-bond donors (Lipinski definition) is 2. The Labute approximate surface area is 120 Å². The van der Waals surface area contributed by atoms with E-state index in [9.17, 15) is 4.79 Å². The summed E-state index contributed by atoms with van der Waals surface area (Å²) in [6.45, 7) is 0.422. The summed E-state index contributed by atoms with van der Waals surface area (Å²) in [5, 5.41) is 2.85. The lowest BCUT2D eigenvalue weighted by molar-refractivity contribution is -0.124. The van der Waals surface area contributed by atoms with Gasteiger partial charge in [-0.1, -0.05) is 18.9 Å². The van der Waals surface area contributed by atoms with Crippen molar-refractivity contribution >= 4 is 36.5 Å². The van der Waals surface area contributed by atoms with Crippen LogP contribution in [0.25, 0.3) is 0 Å². The molecule has 0 aromatic carbocycles. The van der Waals surface area contributed by atoms with Gasteiger partial charge in [0.05, 0.1) is 5.41 Å². The van der Waals surface area contributed by atoms with E-state index in [-0.39, 0.29) is 36.1 Å². The number of amides is 1. The van der Waals surface area contributed by atoms with Crippen LogP contribution in [0, 0.1) is 5.41 Å². The molecule has 0 spiro atoms. The minimum atomic E-state index is -0.364. The molecule has 1 aliphatic carbocycles. The number of nitrogens with two attached hydrogens (primary N) is 1. The van der Waals surface area contributed by atoms with Gasteiger partial charge in [-0.05, 0) is 25.0 Å². The Morgan fingerprint density at radius 2 is 2.00 bits per heavy atom. The van der Waals surface area contributed by atoms with Crippen LogP contribution in [0.15, 0.2) is 24.4 Å². The van der Waals surface area contributed by atoms with Gasteiger partial charge in [-0.15, -0.1) is 24.8 Å². The van der Waals surface area contributed by atoms with E-state index < -0.39 is 0 Å². The molecule has 1 amide bonds. The largest absolute Gasteiger partial charge is 0.329 e. The van der Waals surface area contributed by atoms with Crippen LogP contribution >= 0.6 is 24.8 Å². The molecule has 0 aliphatic heterocycles. The van der Waals surface area contributed by atoms with Gasteiger partial charge in [-0.3, -0.25) is 4.79 Å². The molecule has 2 rings (SSSR count). The van der Waals surface area contributed by atoms with E-state index in [0.29, 0.717) is 12.4 Å². The predicted octanol–water partition coefficient (Wildman–Crippen LogP) is 2.38. The fourth-order valence-electron chi connectivity index (χ4n) is 2.26. The smallest absolute Gasteiger partial charge is 0.233 e. The van der Waals surface area contributed by atoms with Crippen LogP contribution in [0.3, 0.4) is 0 Å². The number of anilines is 1. The number of rotatable bonds is 3. The highest BCUT2D eigenvalue weighted by Gasteiger charge is 2.39. The number of pyridine rings is 1. The summed E-state index contributed by atoms with van der Waals surface area (Å²) in [5.41, 5.74) is 5.38. The zero-order valence-electron chi connectivity index (χ0n) is 10.1.